The number of carboxylic acid groups (broad SMARTS) is 1. The molecule has 0 aromatic carbocycles. The van der Waals surface area contributed by atoms with Gasteiger partial charge in [0.05, 0.1) is 32.3 Å². The van der Waals surface area contributed by atoms with Crippen LogP contribution in [0.5, 0.6) is 0 Å². The fourth-order valence-electron chi connectivity index (χ4n) is 2.14. The van der Waals surface area contributed by atoms with E-state index in [0.717, 1.165) is 6.42 Å². The lowest BCUT2D eigenvalue weighted by molar-refractivity contribution is -0.145. The number of nitrogens with zero attached hydrogens (tertiary/aromatic N) is 1. The van der Waals surface area contributed by atoms with Crippen molar-refractivity contribution in [1.82, 2.24) is 4.90 Å². The van der Waals surface area contributed by atoms with E-state index >= 15 is 0 Å². The van der Waals surface area contributed by atoms with Crippen LogP contribution in [-0.4, -0.2) is 61.4 Å². The van der Waals surface area contributed by atoms with E-state index in [1.54, 1.807) is 4.90 Å². The van der Waals surface area contributed by atoms with Crippen LogP contribution in [0.4, 0.5) is 0 Å². The Balaban J connectivity index is 2.70. The predicted molar refractivity (Wildman–Crippen MR) is 64.2 cm³/mol. The molecule has 0 aromatic rings. The molecule has 0 spiro atoms. The molecule has 1 rings (SSSR count). The first-order chi connectivity index (χ1) is 8.61. The third-order valence-electron chi connectivity index (χ3n) is 3.07. The molecule has 104 valence electrons. The maximum absolute atomic E-state index is 12.0. The van der Waals surface area contributed by atoms with E-state index in [0.29, 0.717) is 19.8 Å². The zero-order chi connectivity index (χ0) is 13.5. The highest BCUT2D eigenvalue weighted by molar-refractivity contribution is 5.78. The summed E-state index contributed by atoms with van der Waals surface area (Å²) in [5.41, 5.74) is 0. The van der Waals surface area contributed by atoms with Crippen molar-refractivity contribution in [3.63, 3.8) is 0 Å². The Labute approximate surface area is 107 Å². The van der Waals surface area contributed by atoms with Gasteiger partial charge in [0.1, 0.15) is 5.92 Å². The molecule has 0 saturated carbocycles. The highest BCUT2D eigenvalue weighted by atomic mass is 16.5. The molecule has 1 aliphatic rings. The molecule has 6 heteroatoms. The van der Waals surface area contributed by atoms with Gasteiger partial charge in [-0.2, -0.15) is 0 Å². The Morgan fingerprint density at radius 3 is 2.72 bits per heavy atom. The van der Waals surface area contributed by atoms with E-state index in [9.17, 15) is 9.59 Å². The van der Waals surface area contributed by atoms with Crippen LogP contribution in [0.25, 0.3) is 0 Å². The van der Waals surface area contributed by atoms with Crippen molar-refractivity contribution in [1.29, 1.82) is 0 Å². The summed E-state index contributed by atoms with van der Waals surface area (Å²) >= 11 is 0. The molecule has 1 aliphatic heterocycles. The van der Waals surface area contributed by atoms with Crippen molar-refractivity contribution in [3.05, 3.63) is 0 Å². The molecule has 6 nitrogen and oxygen atoms in total. The second kappa shape index (κ2) is 7.33. The fraction of sp³-hybridized carbons (Fsp3) is 0.833. The van der Waals surface area contributed by atoms with Crippen molar-refractivity contribution in [2.24, 2.45) is 5.92 Å². The number of hydrogen-bond donors (Lipinski definition) is 1. The first-order valence-electron chi connectivity index (χ1n) is 6.20. The largest absolute Gasteiger partial charge is 0.481 e. The zero-order valence-electron chi connectivity index (χ0n) is 10.9. The molecule has 2 unspecified atom stereocenters. The summed E-state index contributed by atoms with van der Waals surface area (Å²) in [6.45, 7) is 3.35. The molecule has 1 saturated heterocycles. The number of rotatable bonds is 7. The summed E-state index contributed by atoms with van der Waals surface area (Å²) in [7, 11) is 1.54. The van der Waals surface area contributed by atoms with Crippen LogP contribution in [0.15, 0.2) is 0 Å². The Bertz CT molecular complexity index is 294. The lowest BCUT2D eigenvalue weighted by Gasteiger charge is -2.30. The Morgan fingerprint density at radius 1 is 1.44 bits per heavy atom. The van der Waals surface area contributed by atoms with Gasteiger partial charge < -0.3 is 19.5 Å². The van der Waals surface area contributed by atoms with Crippen molar-refractivity contribution in [2.45, 2.75) is 25.8 Å². The van der Waals surface area contributed by atoms with Crippen LogP contribution in [0.2, 0.25) is 0 Å². The van der Waals surface area contributed by atoms with Crippen LogP contribution in [0.3, 0.4) is 0 Å². The third-order valence-corrected chi connectivity index (χ3v) is 3.07. The van der Waals surface area contributed by atoms with Gasteiger partial charge >= 0.3 is 5.97 Å². The average Bonchev–Trinajstić information content (AvgIpc) is 2.81. The van der Waals surface area contributed by atoms with Gasteiger partial charge in [0.2, 0.25) is 5.91 Å². The molecule has 18 heavy (non-hydrogen) atoms. The van der Waals surface area contributed by atoms with E-state index in [4.69, 9.17) is 14.6 Å². The van der Waals surface area contributed by atoms with Crippen LogP contribution < -0.4 is 0 Å². The second-order valence-corrected chi connectivity index (χ2v) is 4.38. The predicted octanol–water partition coefficient (Wildman–Crippen LogP) is 0.361. The Kier molecular flexibility index (Phi) is 6.07. The van der Waals surface area contributed by atoms with Gasteiger partial charge in [-0.1, -0.05) is 6.92 Å². The molecular formula is C12H21NO5. The summed E-state index contributed by atoms with van der Waals surface area (Å²) in [5, 5.41) is 9.12. The molecular weight excluding hydrogens is 238 g/mol. The summed E-state index contributed by atoms with van der Waals surface area (Å²) in [6.07, 6.45) is 1.07. The van der Waals surface area contributed by atoms with Crippen molar-refractivity contribution >= 4 is 11.9 Å². The van der Waals surface area contributed by atoms with E-state index in [1.165, 1.54) is 7.11 Å². The van der Waals surface area contributed by atoms with Crippen molar-refractivity contribution in [3.8, 4) is 0 Å². The smallest absolute Gasteiger partial charge is 0.311 e. The number of carbonyl (C=O) groups is 2. The van der Waals surface area contributed by atoms with Gasteiger partial charge in [-0.25, -0.2) is 0 Å². The van der Waals surface area contributed by atoms with Crippen LogP contribution in [-0.2, 0) is 19.1 Å². The third kappa shape index (κ3) is 3.68. The van der Waals surface area contributed by atoms with Gasteiger partial charge in [-0.3, -0.25) is 9.59 Å². The van der Waals surface area contributed by atoms with Gasteiger partial charge in [0.25, 0.3) is 0 Å². The normalized spacial score (nSPS) is 23.0. The SMILES string of the molecule is CCCN(C(=O)CCOC)C1COCC1C(=O)O. The molecule has 2 atom stereocenters. The van der Waals surface area contributed by atoms with E-state index in [2.05, 4.69) is 0 Å². The first-order valence-corrected chi connectivity index (χ1v) is 6.20. The number of aliphatic carboxylic acids is 1. The summed E-state index contributed by atoms with van der Waals surface area (Å²) in [4.78, 5) is 24.8. The second-order valence-electron chi connectivity index (χ2n) is 4.38. The molecule has 1 fully saturated rings. The Morgan fingerprint density at radius 2 is 2.17 bits per heavy atom. The van der Waals surface area contributed by atoms with E-state index in [-0.39, 0.29) is 25.0 Å². The molecule has 1 amide bonds. The quantitative estimate of drug-likeness (QED) is 0.714. The van der Waals surface area contributed by atoms with Crippen molar-refractivity contribution < 1.29 is 24.2 Å². The highest BCUT2D eigenvalue weighted by Gasteiger charge is 2.39. The molecule has 0 radical (unpaired) electrons. The minimum atomic E-state index is -0.904. The summed E-state index contributed by atoms with van der Waals surface area (Å²) in [6, 6.07) is -0.355. The van der Waals surface area contributed by atoms with Gasteiger partial charge in [0.15, 0.2) is 0 Å². The number of methoxy groups -OCH3 is 1. The van der Waals surface area contributed by atoms with Crippen LogP contribution in [0, 0.1) is 5.92 Å². The van der Waals surface area contributed by atoms with Gasteiger partial charge in [-0.15, -0.1) is 0 Å². The van der Waals surface area contributed by atoms with Crippen LogP contribution in [0.1, 0.15) is 19.8 Å². The summed E-state index contributed by atoms with van der Waals surface area (Å²) in [5.74, 6) is -1.60. The molecule has 0 aromatic heterocycles. The maximum Gasteiger partial charge on any atom is 0.311 e. The molecule has 1 heterocycles. The van der Waals surface area contributed by atoms with E-state index < -0.39 is 11.9 Å². The van der Waals surface area contributed by atoms with Crippen LogP contribution >= 0.6 is 0 Å². The number of amides is 1. The standard InChI is InChI=1S/C12H21NO5/c1-3-5-13(11(14)4-6-17-2)10-8-18-7-9(10)12(15)16/h9-10H,3-8H2,1-2H3,(H,15,16). The monoisotopic (exact) mass is 259 g/mol. The Hall–Kier alpha value is -1.14. The summed E-state index contributed by atoms with van der Waals surface area (Å²) < 4.78 is 10.1. The number of carboxylic acids is 1. The minimum Gasteiger partial charge on any atom is -0.481 e. The molecule has 0 aliphatic carbocycles. The minimum absolute atomic E-state index is 0.0690. The number of ether oxygens (including phenoxy) is 2. The van der Waals surface area contributed by atoms with Crippen molar-refractivity contribution in [2.75, 3.05) is 33.5 Å². The van der Waals surface area contributed by atoms with E-state index in [1.807, 2.05) is 6.92 Å². The topological polar surface area (TPSA) is 76.1 Å². The number of hydrogen-bond acceptors (Lipinski definition) is 4. The van der Waals surface area contributed by atoms with Gasteiger partial charge in [-0.05, 0) is 6.42 Å². The molecule has 1 N–H and O–H groups in total. The first kappa shape index (κ1) is 14.9. The maximum atomic E-state index is 12.0. The average molecular weight is 259 g/mol. The number of carbonyl (C=O) groups excluding carboxylic acids is 1. The van der Waals surface area contributed by atoms with Gasteiger partial charge in [0, 0.05) is 13.7 Å². The highest BCUT2D eigenvalue weighted by Crippen LogP contribution is 2.21. The fourth-order valence-corrected chi connectivity index (χ4v) is 2.14. The molecule has 0 bridgehead atoms. The lowest BCUT2D eigenvalue weighted by Crippen LogP contribution is -2.47. The zero-order valence-corrected chi connectivity index (χ0v) is 10.9. The lowest BCUT2D eigenvalue weighted by atomic mass is 10.0.